The fraction of sp³-hybridized carbons (Fsp3) is 0.625. The van der Waals surface area contributed by atoms with Crippen molar-refractivity contribution in [2.24, 2.45) is 5.92 Å². The highest BCUT2D eigenvalue weighted by molar-refractivity contribution is 7.86. The Bertz CT molecular complexity index is 649. The summed E-state index contributed by atoms with van der Waals surface area (Å²) >= 11 is 0. The molecule has 0 unspecified atom stereocenters. The van der Waals surface area contributed by atoms with Crippen LogP contribution >= 0.6 is 0 Å². The summed E-state index contributed by atoms with van der Waals surface area (Å²) in [7, 11) is -0.923. The Morgan fingerprint density at radius 2 is 2.09 bits per heavy atom. The van der Waals surface area contributed by atoms with Crippen molar-refractivity contribution in [3.8, 4) is 0 Å². The van der Waals surface area contributed by atoms with Crippen LogP contribution in [0.15, 0.2) is 16.9 Å². The van der Waals surface area contributed by atoms with Crippen LogP contribution in [0.5, 0.6) is 0 Å². The number of amides is 1. The van der Waals surface area contributed by atoms with E-state index in [4.69, 9.17) is 0 Å². The van der Waals surface area contributed by atoms with Gasteiger partial charge in [-0.25, -0.2) is 0 Å². The summed E-state index contributed by atoms with van der Waals surface area (Å²) in [6.07, 6.45) is 0.728. The van der Waals surface area contributed by atoms with Crippen molar-refractivity contribution in [1.29, 1.82) is 0 Å². The second-order valence-corrected chi connectivity index (χ2v) is 9.10. The number of nitrogens with zero attached hydrogens (tertiary/aromatic N) is 1. The molecular weight excluding hydrogens is 300 g/mol. The molecule has 1 saturated heterocycles. The molecule has 1 atom stereocenters. The van der Waals surface area contributed by atoms with Gasteiger partial charge in [0.1, 0.15) is 0 Å². The fourth-order valence-corrected chi connectivity index (χ4v) is 3.95. The Hall–Kier alpha value is -1.43. The Kier molecular flexibility index (Phi) is 4.90. The lowest BCUT2D eigenvalue weighted by atomic mass is 10.1. The molecule has 22 heavy (non-hydrogen) atoms. The third kappa shape index (κ3) is 3.85. The monoisotopic (exact) mass is 324 g/mol. The second kappa shape index (κ2) is 6.36. The molecule has 1 aromatic rings. The van der Waals surface area contributed by atoms with E-state index in [0.29, 0.717) is 30.3 Å². The molecule has 2 rings (SSSR count). The van der Waals surface area contributed by atoms with Gasteiger partial charge < -0.3 is 9.88 Å². The van der Waals surface area contributed by atoms with Gasteiger partial charge in [0.15, 0.2) is 0 Å². The third-order valence-electron chi connectivity index (χ3n) is 3.80. The van der Waals surface area contributed by atoms with E-state index in [-0.39, 0.29) is 11.5 Å². The molecule has 1 aromatic heterocycles. The maximum atomic E-state index is 12.7. The molecule has 5 nitrogen and oxygen atoms in total. The first-order valence-electron chi connectivity index (χ1n) is 7.60. The summed E-state index contributed by atoms with van der Waals surface area (Å²) in [4.78, 5) is 28.9. The van der Waals surface area contributed by atoms with E-state index in [1.807, 2.05) is 13.8 Å². The molecule has 6 heteroatoms. The summed E-state index contributed by atoms with van der Waals surface area (Å²) in [6, 6.07) is 3.12. The van der Waals surface area contributed by atoms with Crippen LogP contribution in [0.1, 0.15) is 43.7 Å². The number of pyridine rings is 1. The van der Waals surface area contributed by atoms with Gasteiger partial charge in [-0.2, -0.15) is 0 Å². The first kappa shape index (κ1) is 16.9. The normalized spacial score (nSPS) is 21.1. The van der Waals surface area contributed by atoms with Crippen molar-refractivity contribution in [1.82, 2.24) is 9.88 Å². The highest BCUT2D eigenvalue weighted by Crippen LogP contribution is 2.21. The summed E-state index contributed by atoms with van der Waals surface area (Å²) < 4.78 is 11.6. The summed E-state index contributed by atoms with van der Waals surface area (Å²) in [5, 5.41) is 0. The first-order valence-corrected chi connectivity index (χ1v) is 8.92. The predicted octanol–water partition coefficient (Wildman–Crippen LogP) is 1.56. The first-order chi connectivity index (χ1) is 10.2. The maximum absolute atomic E-state index is 12.7. The van der Waals surface area contributed by atoms with Crippen LogP contribution in [-0.4, -0.2) is 43.6 Å². The number of aromatic amines is 1. The van der Waals surface area contributed by atoms with Gasteiger partial charge >= 0.3 is 0 Å². The highest BCUT2D eigenvalue weighted by atomic mass is 32.2. The van der Waals surface area contributed by atoms with Gasteiger partial charge in [-0.1, -0.05) is 13.8 Å². The smallest absolute Gasteiger partial charge is 0.254 e. The van der Waals surface area contributed by atoms with Gasteiger partial charge in [-0.3, -0.25) is 13.8 Å². The van der Waals surface area contributed by atoms with Gasteiger partial charge in [0.25, 0.3) is 5.91 Å². The number of carbonyl (C=O) groups excluding carboxylic acids is 1. The van der Waals surface area contributed by atoms with Gasteiger partial charge in [0, 0.05) is 47.0 Å². The summed E-state index contributed by atoms with van der Waals surface area (Å²) in [5.74, 6) is 0.735. The maximum Gasteiger partial charge on any atom is 0.254 e. The standard InChI is InChI=1S/C16H24N2O3S/c1-11(2)7-13-8-12(9-14(19)17-13)15(20)18-5-6-22(21)16(3,4)10-18/h8-9,11H,5-7,10H2,1-4H3,(H,17,19)/t22-/m1/s1. The van der Waals surface area contributed by atoms with E-state index in [9.17, 15) is 13.8 Å². The molecule has 0 aromatic carbocycles. The molecular formula is C16H24N2O3S. The summed E-state index contributed by atoms with van der Waals surface area (Å²) in [5.41, 5.74) is 0.954. The zero-order valence-electron chi connectivity index (χ0n) is 13.6. The van der Waals surface area contributed by atoms with Crippen molar-refractivity contribution < 1.29 is 9.00 Å². The van der Waals surface area contributed by atoms with E-state index in [1.165, 1.54) is 6.07 Å². The molecule has 2 heterocycles. The number of rotatable bonds is 3. The van der Waals surface area contributed by atoms with Crippen molar-refractivity contribution in [2.75, 3.05) is 18.8 Å². The number of aromatic nitrogens is 1. The van der Waals surface area contributed by atoms with E-state index in [0.717, 1.165) is 12.1 Å². The van der Waals surface area contributed by atoms with Crippen LogP contribution in [0, 0.1) is 5.92 Å². The lowest BCUT2D eigenvalue weighted by Crippen LogP contribution is -2.52. The Morgan fingerprint density at radius 3 is 2.68 bits per heavy atom. The van der Waals surface area contributed by atoms with Crippen molar-refractivity contribution >= 4 is 16.7 Å². The van der Waals surface area contributed by atoms with Crippen LogP contribution in [0.25, 0.3) is 0 Å². The lowest BCUT2D eigenvalue weighted by molar-refractivity contribution is 0.0745. The van der Waals surface area contributed by atoms with Crippen LogP contribution in [0.2, 0.25) is 0 Å². The molecule has 0 saturated carbocycles. The van der Waals surface area contributed by atoms with Gasteiger partial charge in [0.05, 0.1) is 4.75 Å². The van der Waals surface area contributed by atoms with Crippen molar-refractivity contribution in [3.63, 3.8) is 0 Å². The topological polar surface area (TPSA) is 70.2 Å². The molecule has 122 valence electrons. The zero-order valence-corrected chi connectivity index (χ0v) is 14.5. The molecule has 1 amide bonds. The van der Waals surface area contributed by atoms with Crippen LogP contribution in [-0.2, 0) is 17.2 Å². The molecule has 1 aliphatic rings. The number of hydrogen-bond donors (Lipinski definition) is 1. The van der Waals surface area contributed by atoms with E-state index in [1.54, 1.807) is 11.0 Å². The lowest BCUT2D eigenvalue weighted by Gasteiger charge is -2.37. The fourth-order valence-electron chi connectivity index (χ4n) is 2.71. The average Bonchev–Trinajstić information content (AvgIpc) is 2.39. The van der Waals surface area contributed by atoms with Crippen LogP contribution < -0.4 is 5.56 Å². The Morgan fingerprint density at radius 1 is 1.41 bits per heavy atom. The highest BCUT2D eigenvalue weighted by Gasteiger charge is 2.35. The number of carbonyl (C=O) groups is 1. The largest absolute Gasteiger partial charge is 0.336 e. The SMILES string of the molecule is CC(C)Cc1cc(C(=O)N2CC[S@@](=O)C(C)(C)C2)cc(=O)[nH]1. The molecule has 1 aliphatic heterocycles. The Balaban J connectivity index is 2.24. The van der Waals surface area contributed by atoms with Gasteiger partial charge in [-0.15, -0.1) is 0 Å². The summed E-state index contributed by atoms with van der Waals surface area (Å²) in [6.45, 7) is 8.87. The molecule has 1 fully saturated rings. The molecule has 0 bridgehead atoms. The third-order valence-corrected chi connectivity index (χ3v) is 5.71. The minimum Gasteiger partial charge on any atom is -0.336 e. The van der Waals surface area contributed by atoms with E-state index < -0.39 is 15.5 Å². The van der Waals surface area contributed by atoms with Crippen molar-refractivity contribution in [3.05, 3.63) is 33.7 Å². The minimum absolute atomic E-state index is 0.152. The molecule has 0 radical (unpaired) electrons. The molecule has 1 N–H and O–H groups in total. The van der Waals surface area contributed by atoms with E-state index in [2.05, 4.69) is 18.8 Å². The van der Waals surface area contributed by atoms with Crippen LogP contribution in [0.3, 0.4) is 0 Å². The van der Waals surface area contributed by atoms with Gasteiger partial charge in [0.2, 0.25) is 5.56 Å². The average molecular weight is 324 g/mol. The number of H-pyrrole nitrogens is 1. The van der Waals surface area contributed by atoms with E-state index >= 15 is 0 Å². The zero-order chi connectivity index (χ0) is 16.5. The van der Waals surface area contributed by atoms with Crippen molar-refractivity contribution in [2.45, 2.75) is 38.9 Å². The quantitative estimate of drug-likeness (QED) is 0.917. The van der Waals surface area contributed by atoms with Gasteiger partial charge in [-0.05, 0) is 32.3 Å². The minimum atomic E-state index is -0.923. The predicted molar refractivity (Wildman–Crippen MR) is 88.6 cm³/mol. The second-order valence-electron chi connectivity index (χ2n) is 6.89. The van der Waals surface area contributed by atoms with Crippen LogP contribution in [0.4, 0.5) is 0 Å². The Labute approximate surface area is 133 Å². The number of hydrogen-bond acceptors (Lipinski definition) is 3. The molecule has 0 spiro atoms. The molecule has 0 aliphatic carbocycles. The number of nitrogens with one attached hydrogen (secondary N) is 1.